The standard InChI is InChI=1S/C11H18N2O/c1-4-11(3,14)8-13-10-5-6-12-7-9(10)2/h5-7,14H,4,8H2,1-3H3,(H,12,13). The van der Waals surface area contributed by atoms with E-state index in [-0.39, 0.29) is 0 Å². The van der Waals surface area contributed by atoms with Gasteiger partial charge in [0.1, 0.15) is 0 Å². The quantitative estimate of drug-likeness (QED) is 0.770. The average molecular weight is 194 g/mol. The van der Waals surface area contributed by atoms with Gasteiger partial charge in [-0.15, -0.1) is 0 Å². The van der Waals surface area contributed by atoms with E-state index in [1.165, 1.54) is 0 Å². The molecule has 1 aromatic rings. The van der Waals surface area contributed by atoms with Crippen molar-refractivity contribution in [1.29, 1.82) is 0 Å². The van der Waals surface area contributed by atoms with Crippen molar-refractivity contribution < 1.29 is 5.11 Å². The Labute approximate surface area is 85.2 Å². The van der Waals surface area contributed by atoms with Crippen LogP contribution in [0.25, 0.3) is 0 Å². The van der Waals surface area contributed by atoms with Gasteiger partial charge in [-0.2, -0.15) is 0 Å². The highest BCUT2D eigenvalue weighted by molar-refractivity contribution is 5.48. The van der Waals surface area contributed by atoms with Crippen molar-refractivity contribution in [2.24, 2.45) is 0 Å². The first-order valence-corrected chi connectivity index (χ1v) is 4.92. The molecule has 0 radical (unpaired) electrons. The zero-order chi connectivity index (χ0) is 10.6. The highest BCUT2D eigenvalue weighted by atomic mass is 16.3. The van der Waals surface area contributed by atoms with Crippen LogP contribution in [-0.4, -0.2) is 22.2 Å². The van der Waals surface area contributed by atoms with E-state index in [9.17, 15) is 5.11 Å². The van der Waals surface area contributed by atoms with Crippen LogP contribution in [0.3, 0.4) is 0 Å². The second-order valence-corrected chi connectivity index (χ2v) is 3.89. The smallest absolute Gasteiger partial charge is 0.0788 e. The van der Waals surface area contributed by atoms with Crippen LogP contribution in [0.4, 0.5) is 5.69 Å². The summed E-state index contributed by atoms with van der Waals surface area (Å²) in [6.07, 6.45) is 4.29. The van der Waals surface area contributed by atoms with Gasteiger partial charge in [0.2, 0.25) is 0 Å². The Bertz CT molecular complexity index is 297. The number of hydrogen-bond acceptors (Lipinski definition) is 3. The molecule has 1 atom stereocenters. The Morgan fingerprint density at radius 2 is 2.29 bits per heavy atom. The Morgan fingerprint density at radius 1 is 1.57 bits per heavy atom. The number of rotatable bonds is 4. The maximum Gasteiger partial charge on any atom is 0.0788 e. The topological polar surface area (TPSA) is 45.1 Å². The molecule has 0 saturated heterocycles. The maximum atomic E-state index is 9.80. The number of aromatic nitrogens is 1. The van der Waals surface area contributed by atoms with Crippen molar-refractivity contribution >= 4 is 5.69 Å². The molecule has 0 aliphatic heterocycles. The summed E-state index contributed by atoms with van der Waals surface area (Å²) in [7, 11) is 0. The van der Waals surface area contributed by atoms with Crippen LogP contribution >= 0.6 is 0 Å². The lowest BCUT2D eigenvalue weighted by atomic mass is 10.0. The summed E-state index contributed by atoms with van der Waals surface area (Å²) in [5.74, 6) is 0. The molecule has 0 bridgehead atoms. The molecule has 0 spiro atoms. The summed E-state index contributed by atoms with van der Waals surface area (Å²) >= 11 is 0. The fraction of sp³-hybridized carbons (Fsp3) is 0.545. The van der Waals surface area contributed by atoms with Crippen LogP contribution in [0.5, 0.6) is 0 Å². The van der Waals surface area contributed by atoms with Gasteiger partial charge in [-0.3, -0.25) is 4.98 Å². The molecular weight excluding hydrogens is 176 g/mol. The minimum atomic E-state index is -0.643. The van der Waals surface area contributed by atoms with Crippen molar-refractivity contribution in [3.63, 3.8) is 0 Å². The van der Waals surface area contributed by atoms with E-state index < -0.39 is 5.60 Å². The van der Waals surface area contributed by atoms with Gasteiger partial charge in [-0.1, -0.05) is 6.92 Å². The number of aliphatic hydroxyl groups is 1. The lowest BCUT2D eigenvalue weighted by molar-refractivity contribution is 0.0697. The minimum Gasteiger partial charge on any atom is -0.388 e. The third kappa shape index (κ3) is 3.00. The van der Waals surface area contributed by atoms with Crippen molar-refractivity contribution in [2.75, 3.05) is 11.9 Å². The zero-order valence-electron chi connectivity index (χ0n) is 9.04. The lowest BCUT2D eigenvalue weighted by Crippen LogP contribution is -2.32. The fourth-order valence-corrected chi connectivity index (χ4v) is 1.08. The third-order valence-corrected chi connectivity index (χ3v) is 2.44. The Kier molecular flexibility index (Phi) is 3.47. The van der Waals surface area contributed by atoms with E-state index in [4.69, 9.17) is 0 Å². The number of nitrogens with zero attached hydrogens (tertiary/aromatic N) is 1. The fourth-order valence-electron chi connectivity index (χ4n) is 1.08. The summed E-state index contributed by atoms with van der Waals surface area (Å²) in [6.45, 7) is 6.36. The number of pyridine rings is 1. The molecule has 1 unspecified atom stereocenters. The van der Waals surface area contributed by atoms with Crippen LogP contribution in [0.2, 0.25) is 0 Å². The second-order valence-electron chi connectivity index (χ2n) is 3.89. The maximum absolute atomic E-state index is 9.80. The highest BCUT2D eigenvalue weighted by Crippen LogP contribution is 2.14. The first kappa shape index (κ1) is 11.0. The number of anilines is 1. The molecule has 0 amide bonds. The molecule has 78 valence electrons. The van der Waals surface area contributed by atoms with Crippen LogP contribution in [0.1, 0.15) is 25.8 Å². The van der Waals surface area contributed by atoms with Gasteiger partial charge < -0.3 is 10.4 Å². The number of hydrogen-bond donors (Lipinski definition) is 2. The molecule has 0 aromatic carbocycles. The van der Waals surface area contributed by atoms with Crippen LogP contribution < -0.4 is 5.32 Å². The van der Waals surface area contributed by atoms with Gasteiger partial charge in [0, 0.05) is 24.6 Å². The molecule has 1 aromatic heterocycles. The van der Waals surface area contributed by atoms with E-state index >= 15 is 0 Å². The number of nitrogens with one attached hydrogen (secondary N) is 1. The second kappa shape index (κ2) is 4.42. The summed E-state index contributed by atoms with van der Waals surface area (Å²) in [5, 5.41) is 13.0. The van der Waals surface area contributed by atoms with Gasteiger partial charge >= 0.3 is 0 Å². The van der Waals surface area contributed by atoms with Gasteiger partial charge in [0.05, 0.1) is 5.60 Å². The van der Waals surface area contributed by atoms with Crippen molar-refractivity contribution in [1.82, 2.24) is 4.98 Å². The third-order valence-electron chi connectivity index (χ3n) is 2.44. The Morgan fingerprint density at radius 3 is 2.86 bits per heavy atom. The van der Waals surface area contributed by atoms with E-state index in [0.29, 0.717) is 6.54 Å². The molecule has 0 aliphatic rings. The first-order chi connectivity index (χ1) is 6.55. The highest BCUT2D eigenvalue weighted by Gasteiger charge is 2.16. The average Bonchev–Trinajstić information content (AvgIpc) is 2.17. The summed E-state index contributed by atoms with van der Waals surface area (Å²) in [6, 6.07) is 1.92. The number of aryl methyl sites for hydroxylation is 1. The molecule has 1 heterocycles. The van der Waals surface area contributed by atoms with Gasteiger partial charge in [0.15, 0.2) is 0 Å². The summed E-state index contributed by atoms with van der Waals surface area (Å²) in [5.41, 5.74) is 1.49. The molecular formula is C11H18N2O. The van der Waals surface area contributed by atoms with Crippen molar-refractivity contribution in [3.8, 4) is 0 Å². The van der Waals surface area contributed by atoms with Crippen LogP contribution in [-0.2, 0) is 0 Å². The van der Waals surface area contributed by atoms with Gasteiger partial charge in [-0.25, -0.2) is 0 Å². The minimum absolute atomic E-state index is 0.564. The summed E-state index contributed by atoms with van der Waals surface area (Å²) < 4.78 is 0. The van der Waals surface area contributed by atoms with Crippen LogP contribution in [0, 0.1) is 6.92 Å². The Balaban J connectivity index is 2.58. The van der Waals surface area contributed by atoms with E-state index in [0.717, 1.165) is 17.7 Å². The molecule has 0 fully saturated rings. The predicted octanol–water partition coefficient (Wildman–Crippen LogP) is 1.96. The SMILES string of the molecule is CCC(C)(O)CNc1ccncc1C. The monoisotopic (exact) mass is 194 g/mol. The van der Waals surface area contributed by atoms with Crippen molar-refractivity contribution in [2.45, 2.75) is 32.8 Å². The predicted molar refractivity (Wildman–Crippen MR) is 58.4 cm³/mol. The van der Waals surface area contributed by atoms with E-state index in [1.807, 2.05) is 33.0 Å². The molecule has 1 rings (SSSR count). The lowest BCUT2D eigenvalue weighted by Gasteiger charge is -2.22. The molecule has 3 heteroatoms. The Hall–Kier alpha value is -1.09. The van der Waals surface area contributed by atoms with Crippen LogP contribution in [0.15, 0.2) is 18.5 Å². The van der Waals surface area contributed by atoms with Crippen molar-refractivity contribution in [3.05, 3.63) is 24.0 Å². The first-order valence-electron chi connectivity index (χ1n) is 4.92. The molecule has 0 aliphatic carbocycles. The molecule has 3 nitrogen and oxygen atoms in total. The largest absolute Gasteiger partial charge is 0.388 e. The van der Waals surface area contributed by atoms with Gasteiger partial charge in [0.25, 0.3) is 0 Å². The van der Waals surface area contributed by atoms with E-state index in [1.54, 1.807) is 6.20 Å². The molecule has 2 N–H and O–H groups in total. The van der Waals surface area contributed by atoms with E-state index in [2.05, 4.69) is 10.3 Å². The summed E-state index contributed by atoms with van der Waals surface area (Å²) in [4.78, 5) is 4.01. The normalized spacial score (nSPS) is 14.9. The molecule has 0 saturated carbocycles. The van der Waals surface area contributed by atoms with Gasteiger partial charge in [-0.05, 0) is 31.9 Å². The zero-order valence-corrected chi connectivity index (χ0v) is 9.04. The molecule has 14 heavy (non-hydrogen) atoms.